The first-order valence-electron chi connectivity index (χ1n) is 5.84. The second kappa shape index (κ2) is 5.46. The Bertz CT molecular complexity index is 358. The molecule has 1 amide bonds. The van der Waals surface area contributed by atoms with Gasteiger partial charge in [0.15, 0.2) is 0 Å². The minimum Gasteiger partial charge on any atom is -0.351 e. The summed E-state index contributed by atoms with van der Waals surface area (Å²) < 4.78 is 0. The molecule has 0 aliphatic heterocycles. The van der Waals surface area contributed by atoms with Crippen LogP contribution in [0.25, 0.3) is 0 Å². The highest BCUT2D eigenvalue weighted by molar-refractivity contribution is 7.13. The van der Waals surface area contributed by atoms with E-state index in [9.17, 15) is 4.79 Å². The van der Waals surface area contributed by atoms with Crippen LogP contribution in [0.2, 0.25) is 0 Å². The Labute approximate surface area is 100 Å². The molecule has 2 N–H and O–H groups in total. The molecular weight excluding hydrogens is 220 g/mol. The largest absolute Gasteiger partial charge is 0.351 e. The lowest BCUT2D eigenvalue weighted by Gasteiger charge is -2.04. The highest BCUT2D eigenvalue weighted by atomic mass is 32.1. The lowest BCUT2D eigenvalue weighted by molar-refractivity contribution is 0.0957. The molecule has 0 bridgehead atoms. The van der Waals surface area contributed by atoms with Crippen LogP contribution in [0.15, 0.2) is 12.1 Å². The molecule has 2 rings (SSSR count). The summed E-state index contributed by atoms with van der Waals surface area (Å²) in [5.74, 6) is 0.0597. The van der Waals surface area contributed by atoms with Crippen LogP contribution in [0.4, 0.5) is 0 Å². The summed E-state index contributed by atoms with van der Waals surface area (Å²) in [6, 6.07) is 4.63. The molecule has 3 nitrogen and oxygen atoms in total. The molecule has 16 heavy (non-hydrogen) atoms. The molecule has 0 aromatic carbocycles. The van der Waals surface area contributed by atoms with Gasteiger partial charge in [-0.25, -0.2) is 0 Å². The van der Waals surface area contributed by atoms with Gasteiger partial charge < -0.3 is 10.6 Å². The minimum atomic E-state index is 0.0597. The van der Waals surface area contributed by atoms with Gasteiger partial charge in [-0.2, -0.15) is 0 Å². The first-order valence-corrected chi connectivity index (χ1v) is 6.65. The minimum absolute atomic E-state index is 0.0597. The second-order valence-electron chi connectivity index (χ2n) is 4.25. The normalized spacial score (nSPS) is 15.1. The van der Waals surface area contributed by atoms with Gasteiger partial charge in [-0.3, -0.25) is 4.79 Å². The Hall–Kier alpha value is -0.870. The van der Waals surface area contributed by atoms with Crippen LogP contribution in [0.5, 0.6) is 0 Å². The maximum absolute atomic E-state index is 11.6. The molecule has 1 aromatic rings. The molecule has 1 aromatic heterocycles. The average Bonchev–Trinajstić information content (AvgIpc) is 2.99. The van der Waals surface area contributed by atoms with Crippen molar-refractivity contribution in [3.05, 3.63) is 21.9 Å². The van der Waals surface area contributed by atoms with Crippen LogP contribution >= 0.6 is 11.3 Å². The van der Waals surface area contributed by atoms with Crippen molar-refractivity contribution in [2.24, 2.45) is 0 Å². The van der Waals surface area contributed by atoms with Crippen molar-refractivity contribution in [1.82, 2.24) is 10.6 Å². The van der Waals surface area contributed by atoms with Gasteiger partial charge >= 0.3 is 0 Å². The van der Waals surface area contributed by atoms with Crippen LogP contribution in [0.1, 0.15) is 33.8 Å². The zero-order valence-electron chi connectivity index (χ0n) is 9.58. The van der Waals surface area contributed by atoms with E-state index < -0.39 is 0 Å². The third kappa shape index (κ3) is 3.61. The molecule has 0 unspecified atom stereocenters. The smallest absolute Gasteiger partial charge is 0.261 e. The van der Waals surface area contributed by atoms with E-state index in [4.69, 9.17) is 0 Å². The molecule has 0 atom stereocenters. The summed E-state index contributed by atoms with van der Waals surface area (Å²) in [5, 5.41) is 6.36. The Balaban J connectivity index is 1.59. The highest BCUT2D eigenvalue weighted by Crippen LogP contribution is 2.18. The zero-order chi connectivity index (χ0) is 11.4. The van der Waals surface area contributed by atoms with E-state index in [2.05, 4.69) is 10.6 Å². The first-order chi connectivity index (χ1) is 7.75. The van der Waals surface area contributed by atoms with Crippen molar-refractivity contribution in [2.45, 2.75) is 32.2 Å². The molecule has 1 aliphatic carbocycles. The van der Waals surface area contributed by atoms with Gasteiger partial charge in [0.2, 0.25) is 0 Å². The van der Waals surface area contributed by atoms with E-state index in [0.717, 1.165) is 30.4 Å². The number of carbonyl (C=O) groups excluding carboxylic acids is 1. The summed E-state index contributed by atoms with van der Waals surface area (Å²) in [7, 11) is 0. The quantitative estimate of drug-likeness (QED) is 0.744. The standard InChI is InChI=1S/C12H18N2OS/c1-9-3-6-11(16-9)12(15)14-8-2-7-13-10-4-5-10/h3,6,10,13H,2,4-5,7-8H2,1H3,(H,14,15). The molecule has 0 radical (unpaired) electrons. The van der Waals surface area contributed by atoms with E-state index in [1.807, 2.05) is 19.1 Å². The molecule has 1 fully saturated rings. The van der Waals surface area contributed by atoms with Crippen molar-refractivity contribution >= 4 is 17.2 Å². The van der Waals surface area contributed by atoms with Crippen molar-refractivity contribution < 1.29 is 4.79 Å². The van der Waals surface area contributed by atoms with Crippen LogP contribution in [-0.2, 0) is 0 Å². The lowest BCUT2D eigenvalue weighted by Crippen LogP contribution is -2.27. The van der Waals surface area contributed by atoms with Crippen LogP contribution < -0.4 is 10.6 Å². The number of nitrogens with one attached hydrogen (secondary N) is 2. The van der Waals surface area contributed by atoms with E-state index in [-0.39, 0.29) is 5.91 Å². The number of rotatable bonds is 6. The van der Waals surface area contributed by atoms with Gasteiger partial charge in [-0.05, 0) is 44.9 Å². The van der Waals surface area contributed by atoms with E-state index >= 15 is 0 Å². The number of amides is 1. The maximum atomic E-state index is 11.6. The highest BCUT2D eigenvalue weighted by Gasteiger charge is 2.19. The predicted octanol–water partition coefficient (Wildman–Crippen LogP) is 1.93. The fraction of sp³-hybridized carbons (Fsp3) is 0.583. The fourth-order valence-corrected chi connectivity index (χ4v) is 2.31. The zero-order valence-corrected chi connectivity index (χ0v) is 10.4. The van der Waals surface area contributed by atoms with Crippen molar-refractivity contribution in [1.29, 1.82) is 0 Å². The molecular formula is C12H18N2OS. The van der Waals surface area contributed by atoms with Crippen molar-refractivity contribution in [3.63, 3.8) is 0 Å². The third-order valence-electron chi connectivity index (χ3n) is 2.61. The number of hydrogen-bond donors (Lipinski definition) is 2. The molecule has 0 saturated heterocycles. The van der Waals surface area contributed by atoms with Gasteiger partial charge in [0, 0.05) is 17.5 Å². The summed E-state index contributed by atoms with van der Waals surface area (Å²) in [6.45, 7) is 3.78. The summed E-state index contributed by atoms with van der Waals surface area (Å²) in [6.07, 6.45) is 3.65. The number of carbonyl (C=O) groups is 1. The number of hydrogen-bond acceptors (Lipinski definition) is 3. The van der Waals surface area contributed by atoms with Gasteiger partial charge in [-0.1, -0.05) is 0 Å². The van der Waals surface area contributed by atoms with Gasteiger partial charge in [-0.15, -0.1) is 11.3 Å². The molecule has 88 valence electrons. The molecule has 4 heteroatoms. The number of thiophene rings is 1. The second-order valence-corrected chi connectivity index (χ2v) is 5.54. The molecule has 1 aliphatic rings. The Morgan fingerprint density at radius 3 is 2.88 bits per heavy atom. The topological polar surface area (TPSA) is 41.1 Å². The fourth-order valence-electron chi connectivity index (χ4n) is 1.53. The first kappa shape index (κ1) is 11.6. The Morgan fingerprint density at radius 2 is 2.25 bits per heavy atom. The van der Waals surface area contributed by atoms with Crippen molar-refractivity contribution in [2.75, 3.05) is 13.1 Å². The third-order valence-corrected chi connectivity index (χ3v) is 3.61. The molecule has 0 spiro atoms. The Morgan fingerprint density at radius 1 is 1.44 bits per heavy atom. The van der Waals surface area contributed by atoms with Crippen LogP contribution in [-0.4, -0.2) is 25.0 Å². The summed E-state index contributed by atoms with van der Waals surface area (Å²) >= 11 is 1.55. The monoisotopic (exact) mass is 238 g/mol. The van der Waals surface area contributed by atoms with Crippen LogP contribution in [0, 0.1) is 6.92 Å². The Kier molecular flexibility index (Phi) is 3.96. The molecule has 1 saturated carbocycles. The summed E-state index contributed by atoms with van der Waals surface area (Å²) in [4.78, 5) is 13.6. The number of aryl methyl sites for hydroxylation is 1. The SMILES string of the molecule is Cc1ccc(C(=O)NCCCNC2CC2)s1. The van der Waals surface area contributed by atoms with Gasteiger partial charge in [0.25, 0.3) is 5.91 Å². The molecule has 1 heterocycles. The van der Waals surface area contributed by atoms with Gasteiger partial charge in [0.05, 0.1) is 4.88 Å². The predicted molar refractivity (Wildman–Crippen MR) is 67.0 cm³/mol. The van der Waals surface area contributed by atoms with Crippen LogP contribution in [0.3, 0.4) is 0 Å². The van der Waals surface area contributed by atoms with E-state index in [0.29, 0.717) is 0 Å². The van der Waals surface area contributed by atoms with E-state index in [1.165, 1.54) is 17.7 Å². The summed E-state index contributed by atoms with van der Waals surface area (Å²) in [5.41, 5.74) is 0. The van der Waals surface area contributed by atoms with E-state index in [1.54, 1.807) is 11.3 Å². The lowest BCUT2D eigenvalue weighted by atomic mass is 10.3. The van der Waals surface area contributed by atoms with Crippen molar-refractivity contribution in [3.8, 4) is 0 Å². The van der Waals surface area contributed by atoms with Gasteiger partial charge in [0.1, 0.15) is 0 Å². The maximum Gasteiger partial charge on any atom is 0.261 e. The average molecular weight is 238 g/mol.